The Morgan fingerprint density at radius 2 is 0.594 bits per heavy atom. The van der Waals surface area contributed by atoms with Gasteiger partial charge in [0.25, 0.3) is 0 Å². The Balaban J connectivity index is -0.0000000242. The van der Waals surface area contributed by atoms with Gasteiger partial charge in [-0.3, -0.25) is 8.42 Å². The van der Waals surface area contributed by atoms with Crippen molar-refractivity contribution in [3.63, 3.8) is 0 Å². The molecule has 0 aromatic heterocycles. The first-order valence-electron chi connectivity index (χ1n) is 3.71. The van der Waals surface area contributed by atoms with E-state index in [1.807, 2.05) is 0 Å². The zero-order chi connectivity index (χ0) is 23.6. The minimum absolute atomic E-state index is 0. The molecule has 0 aliphatic rings. The van der Waals surface area contributed by atoms with Gasteiger partial charge in [0.15, 0.2) is 0 Å². The third-order valence-electron chi connectivity index (χ3n) is 0.194. The van der Waals surface area contributed by atoms with Crippen molar-refractivity contribution in [2.75, 3.05) is 0 Å². The smallest absolute Gasteiger partial charge is 0.759 e. The summed E-state index contributed by atoms with van der Waals surface area (Å²) in [6.45, 7) is 0. The molecule has 0 saturated carbocycles. The SMILES string of the molecule is O=S(=O)([O-])OOS(=O)(=O)[O-].O=S(=O)([O-])[O-].O=S([O-])O.O=S([O-])O.O=S([O-])O.[Fe+3].[K+].[K+].[K+].[K+]. The van der Waals surface area contributed by atoms with E-state index in [1.54, 1.807) is 0 Å². The van der Waals surface area contributed by atoms with Crippen LogP contribution in [-0.2, 0) is 91.0 Å². The zero-order valence-corrected chi connectivity index (χ0v) is 34.0. The van der Waals surface area contributed by atoms with Crippen LogP contribution >= 0.6 is 0 Å². The van der Waals surface area contributed by atoms with Crippen LogP contribution in [0, 0.1) is 0 Å². The molecule has 0 spiro atoms. The molecule has 0 fully saturated rings. The van der Waals surface area contributed by atoms with Gasteiger partial charge in [0.2, 0.25) is 20.8 Å². The van der Waals surface area contributed by atoms with Gasteiger partial charge in [-0.1, -0.05) is 0 Å². The third kappa shape index (κ3) is 246. The number of hydrogen-bond acceptors (Lipinski definition) is 18. The van der Waals surface area contributed by atoms with E-state index < -0.39 is 65.3 Å². The molecule has 1 radical (unpaired) electrons. The van der Waals surface area contributed by atoms with E-state index in [4.69, 9.17) is 57.5 Å². The molecular weight excluding hydrogens is 741 g/mol. The Labute approximate surface area is 369 Å². The molecule has 0 aromatic carbocycles. The summed E-state index contributed by atoms with van der Waals surface area (Å²) in [7, 11) is -15.8. The van der Waals surface area contributed by atoms with E-state index in [1.165, 1.54) is 0 Å². The summed E-state index contributed by atoms with van der Waals surface area (Å²) < 4.78 is 168. The van der Waals surface area contributed by atoms with E-state index >= 15 is 0 Å². The molecule has 3 atom stereocenters. The molecular formula is H3FeK4O21S6. The maximum atomic E-state index is 9.37. The molecule has 177 valence electrons. The summed E-state index contributed by atoms with van der Waals surface area (Å²) in [6.07, 6.45) is 0. The molecule has 32 heteroatoms. The van der Waals surface area contributed by atoms with E-state index in [-0.39, 0.29) is 223 Å². The second-order valence-electron chi connectivity index (χ2n) is 2.01. The largest absolute Gasteiger partial charge is 3.00 e. The quantitative estimate of drug-likeness (QED) is 0.0603. The van der Waals surface area contributed by atoms with Crippen molar-refractivity contribution in [1.29, 1.82) is 0 Å². The van der Waals surface area contributed by atoms with Gasteiger partial charge in [0, 0.05) is 10.4 Å². The molecule has 3 N–H and O–H groups in total. The Hall–Kier alpha value is 6.88. The molecule has 0 aromatic rings. The van der Waals surface area contributed by atoms with Crippen LogP contribution < -0.4 is 206 Å². The Morgan fingerprint density at radius 1 is 0.531 bits per heavy atom. The fraction of sp³-hybridized carbons (Fsp3) is 0. The van der Waals surface area contributed by atoms with Crippen LogP contribution in [-0.4, -0.2) is 83.4 Å². The second kappa shape index (κ2) is 40.0. The predicted molar refractivity (Wildman–Crippen MR) is 66.7 cm³/mol. The maximum Gasteiger partial charge on any atom is 3.00 e. The standard InChI is InChI=1S/Fe.4K.H2O8S2.H2O4S.3H2O3S/c;;;;;1-9(2,3)7-8-10(4,5)6;1-5(2,3)4;3*1-4(2)3/h;;;;;(H,1,2,3)(H,4,5,6);(H2,1,2,3,4);3*(H2,1,2,3)/q+3;4*+1;;;;;/p-7. The van der Waals surface area contributed by atoms with Crippen LogP contribution in [0.1, 0.15) is 0 Å². The van der Waals surface area contributed by atoms with E-state index in [9.17, 15) is 25.9 Å². The summed E-state index contributed by atoms with van der Waals surface area (Å²) in [5.41, 5.74) is 0. The Morgan fingerprint density at radius 3 is 0.625 bits per heavy atom. The normalized spacial score (nSPS) is 11.8. The van der Waals surface area contributed by atoms with Crippen LogP contribution in [0.3, 0.4) is 0 Å². The summed E-state index contributed by atoms with van der Waals surface area (Å²) in [5.74, 6) is 0. The monoisotopic (exact) mass is 743 g/mol. The van der Waals surface area contributed by atoms with Crippen LogP contribution in [0.15, 0.2) is 0 Å². The van der Waals surface area contributed by atoms with E-state index in [0.29, 0.717) is 0 Å². The fourth-order valence-corrected chi connectivity index (χ4v) is 0.612. The van der Waals surface area contributed by atoms with Crippen LogP contribution in [0.4, 0.5) is 0 Å². The zero-order valence-electron chi connectivity index (χ0n) is 15.5. The molecule has 0 saturated heterocycles. The van der Waals surface area contributed by atoms with Crippen molar-refractivity contribution in [3.8, 4) is 0 Å². The average Bonchev–Trinajstić information content (AvgIpc) is 2.19. The Kier molecular flexibility index (Phi) is 83.7. The van der Waals surface area contributed by atoms with E-state index in [0.717, 1.165) is 0 Å². The van der Waals surface area contributed by atoms with Crippen molar-refractivity contribution in [1.82, 2.24) is 0 Å². The van der Waals surface area contributed by atoms with Gasteiger partial charge >= 0.3 is 223 Å². The fourth-order valence-electron chi connectivity index (χ4n) is 0.0680. The topological polar surface area (TPSA) is 394 Å². The molecule has 3 unspecified atom stereocenters. The van der Waals surface area contributed by atoms with Gasteiger partial charge in [-0.25, -0.2) is 29.5 Å². The van der Waals surface area contributed by atoms with Gasteiger partial charge in [-0.15, -0.1) is 8.67 Å². The molecule has 21 nitrogen and oxygen atoms in total. The summed E-state index contributed by atoms with van der Waals surface area (Å²) in [4.78, 5) is 0. The van der Waals surface area contributed by atoms with Crippen molar-refractivity contribution in [3.05, 3.63) is 0 Å². The average molecular weight is 744 g/mol. The van der Waals surface area contributed by atoms with E-state index in [2.05, 4.69) is 8.67 Å². The molecule has 0 amide bonds. The molecule has 0 bridgehead atoms. The van der Waals surface area contributed by atoms with Crippen LogP contribution in [0.25, 0.3) is 0 Å². The van der Waals surface area contributed by atoms with Crippen molar-refractivity contribution in [2.45, 2.75) is 0 Å². The third-order valence-corrected chi connectivity index (χ3v) is 0.750. The van der Waals surface area contributed by atoms with Crippen LogP contribution in [0.2, 0.25) is 0 Å². The molecule has 0 rings (SSSR count). The number of rotatable bonds is 3. The number of hydrogen-bond donors (Lipinski definition) is 3. The molecule has 0 aliphatic heterocycles. The minimum atomic E-state index is -5.31. The summed E-state index contributed by atoms with van der Waals surface area (Å²) in [6, 6.07) is 0. The first-order valence-corrected chi connectivity index (χ1v) is 10.8. The second-order valence-corrected chi connectivity index (χ2v) is 6.04. The predicted octanol–water partition coefficient (Wildman–Crippen LogP) is -17.5. The first-order chi connectivity index (χ1) is 11.4. The van der Waals surface area contributed by atoms with Crippen LogP contribution in [0.5, 0.6) is 0 Å². The Bertz CT molecular complexity index is 657. The van der Waals surface area contributed by atoms with Gasteiger partial charge in [0.05, 0.1) is 34.1 Å². The van der Waals surface area contributed by atoms with Gasteiger partial charge in [-0.05, 0) is 0 Å². The van der Waals surface area contributed by atoms with Gasteiger partial charge < -0.3 is 45.5 Å². The first kappa shape index (κ1) is 66.9. The van der Waals surface area contributed by atoms with Gasteiger partial charge in [0.1, 0.15) is 0 Å². The summed E-state index contributed by atoms with van der Waals surface area (Å²) in [5, 5.41) is 0. The molecule has 0 aliphatic carbocycles. The van der Waals surface area contributed by atoms with Crippen molar-refractivity contribution in [2.24, 2.45) is 0 Å². The summed E-state index contributed by atoms with van der Waals surface area (Å²) >= 11 is -8.58. The minimum Gasteiger partial charge on any atom is -0.759 e. The maximum absolute atomic E-state index is 9.37. The van der Waals surface area contributed by atoms with Crippen molar-refractivity contribution < 1.29 is 315 Å². The molecule has 32 heavy (non-hydrogen) atoms. The molecule has 0 heterocycles. The van der Waals surface area contributed by atoms with Gasteiger partial charge in [-0.2, -0.15) is 0 Å². The van der Waals surface area contributed by atoms with Crippen molar-refractivity contribution >= 4 is 65.3 Å².